The summed E-state index contributed by atoms with van der Waals surface area (Å²) in [5.41, 5.74) is 2.26. The van der Waals surface area contributed by atoms with E-state index in [-0.39, 0.29) is 11.8 Å². The largest absolute Gasteiger partial charge is 0.310 e. The average molecular weight is 344 g/mol. The zero-order valence-corrected chi connectivity index (χ0v) is 15.1. The van der Waals surface area contributed by atoms with E-state index in [0.717, 1.165) is 50.2 Å². The zero-order chi connectivity index (χ0) is 16.9. The van der Waals surface area contributed by atoms with Gasteiger partial charge in [0.25, 0.3) is 0 Å². The number of nitrogens with one attached hydrogen (secondary N) is 1. The second kappa shape index (κ2) is 7.85. The van der Waals surface area contributed by atoms with Crippen LogP contribution in [0.1, 0.15) is 36.0 Å². The predicted octanol–water partition coefficient (Wildman–Crippen LogP) is 3.26. The molecule has 1 aliphatic heterocycles. The molecule has 0 saturated carbocycles. The Labute approximate surface area is 147 Å². The SMILES string of the molecule is CCc1nc(CN2CCC(C(=O)Nc3cc(C)ccn3)CC2)cs1. The van der Waals surface area contributed by atoms with Gasteiger partial charge in [-0.2, -0.15) is 0 Å². The molecule has 0 aliphatic carbocycles. The summed E-state index contributed by atoms with van der Waals surface area (Å²) in [7, 11) is 0. The number of pyridine rings is 1. The van der Waals surface area contributed by atoms with Crippen molar-refractivity contribution in [1.82, 2.24) is 14.9 Å². The molecule has 0 unspecified atom stereocenters. The van der Waals surface area contributed by atoms with Crippen LogP contribution in [0, 0.1) is 12.8 Å². The summed E-state index contributed by atoms with van der Waals surface area (Å²) in [6.45, 7) is 6.91. The van der Waals surface area contributed by atoms with Crippen molar-refractivity contribution in [3.05, 3.63) is 40.0 Å². The van der Waals surface area contributed by atoms with Gasteiger partial charge in [0.05, 0.1) is 10.7 Å². The summed E-state index contributed by atoms with van der Waals surface area (Å²) in [6.07, 6.45) is 4.51. The minimum Gasteiger partial charge on any atom is -0.310 e. The monoisotopic (exact) mass is 344 g/mol. The van der Waals surface area contributed by atoms with Gasteiger partial charge >= 0.3 is 0 Å². The average Bonchev–Trinajstić information content (AvgIpc) is 3.03. The Morgan fingerprint density at radius 2 is 2.21 bits per heavy atom. The Kier molecular flexibility index (Phi) is 5.58. The van der Waals surface area contributed by atoms with E-state index in [1.165, 1.54) is 5.01 Å². The molecule has 2 aromatic rings. The smallest absolute Gasteiger partial charge is 0.228 e. The van der Waals surface area contributed by atoms with Gasteiger partial charge in [0, 0.05) is 24.0 Å². The van der Waals surface area contributed by atoms with E-state index in [9.17, 15) is 4.79 Å². The summed E-state index contributed by atoms with van der Waals surface area (Å²) in [5.74, 6) is 0.817. The number of piperidine rings is 1. The van der Waals surface area contributed by atoms with Crippen molar-refractivity contribution in [2.45, 2.75) is 39.7 Å². The van der Waals surface area contributed by atoms with Crippen molar-refractivity contribution in [2.75, 3.05) is 18.4 Å². The molecule has 0 aromatic carbocycles. The Morgan fingerprint density at radius 3 is 2.88 bits per heavy atom. The molecule has 1 fully saturated rings. The van der Waals surface area contributed by atoms with Crippen molar-refractivity contribution in [3.63, 3.8) is 0 Å². The number of anilines is 1. The van der Waals surface area contributed by atoms with Crippen LogP contribution in [0.15, 0.2) is 23.7 Å². The zero-order valence-electron chi connectivity index (χ0n) is 14.3. The molecule has 1 saturated heterocycles. The van der Waals surface area contributed by atoms with E-state index in [4.69, 9.17) is 0 Å². The first-order valence-electron chi connectivity index (χ1n) is 8.53. The van der Waals surface area contributed by atoms with Gasteiger partial charge in [0.1, 0.15) is 5.82 Å². The van der Waals surface area contributed by atoms with E-state index in [0.29, 0.717) is 5.82 Å². The number of rotatable bonds is 5. The molecule has 3 heterocycles. The quantitative estimate of drug-likeness (QED) is 0.904. The molecule has 1 amide bonds. The third kappa shape index (κ3) is 4.39. The molecule has 3 rings (SSSR count). The van der Waals surface area contributed by atoms with E-state index >= 15 is 0 Å². The molecule has 6 heteroatoms. The van der Waals surface area contributed by atoms with Crippen LogP contribution in [0.5, 0.6) is 0 Å². The first kappa shape index (κ1) is 17.0. The Morgan fingerprint density at radius 1 is 1.42 bits per heavy atom. The third-order valence-electron chi connectivity index (χ3n) is 4.41. The van der Waals surface area contributed by atoms with Crippen LogP contribution in [0.4, 0.5) is 5.82 Å². The molecular formula is C18H24N4OS. The number of hydrogen-bond donors (Lipinski definition) is 1. The summed E-state index contributed by atoms with van der Waals surface area (Å²) >= 11 is 1.74. The fourth-order valence-electron chi connectivity index (χ4n) is 3.00. The Hall–Kier alpha value is -1.79. The van der Waals surface area contributed by atoms with Crippen molar-refractivity contribution in [1.29, 1.82) is 0 Å². The lowest BCUT2D eigenvalue weighted by Gasteiger charge is -2.30. The predicted molar refractivity (Wildman–Crippen MR) is 97.1 cm³/mol. The molecule has 1 N–H and O–H groups in total. The number of hydrogen-bond acceptors (Lipinski definition) is 5. The maximum absolute atomic E-state index is 12.4. The summed E-state index contributed by atoms with van der Waals surface area (Å²) in [4.78, 5) is 23.6. The second-order valence-corrected chi connectivity index (χ2v) is 7.29. The van der Waals surface area contributed by atoms with Gasteiger partial charge in [-0.15, -0.1) is 11.3 Å². The molecule has 1 aliphatic rings. The topological polar surface area (TPSA) is 58.1 Å². The molecule has 128 valence electrons. The molecule has 0 radical (unpaired) electrons. The van der Waals surface area contributed by atoms with Crippen LogP contribution in [-0.2, 0) is 17.8 Å². The number of nitrogens with zero attached hydrogens (tertiary/aromatic N) is 3. The number of likely N-dealkylation sites (tertiary alicyclic amines) is 1. The maximum atomic E-state index is 12.4. The van der Waals surface area contributed by atoms with Crippen molar-refractivity contribution in [2.24, 2.45) is 5.92 Å². The Balaban J connectivity index is 1.48. The maximum Gasteiger partial charge on any atom is 0.228 e. The first-order valence-corrected chi connectivity index (χ1v) is 9.41. The lowest BCUT2D eigenvalue weighted by Crippen LogP contribution is -2.37. The number of aromatic nitrogens is 2. The van der Waals surface area contributed by atoms with Gasteiger partial charge in [-0.1, -0.05) is 6.92 Å². The summed E-state index contributed by atoms with van der Waals surface area (Å²) in [6, 6.07) is 3.83. The van der Waals surface area contributed by atoms with Crippen LogP contribution in [0.25, 0.3) is 0 Å². The minimum atomic E-state index is 0.0743. The highest BCUT2D eigenvalue weighted by Crippen LogP contribution is 2.21. The van der Waals surface area contributed by atoms with Gasteiger partial charge < -0.3 is 5.32 Å². The van der Waals surface area contributed by atoms with Crippen LogP contribution < -0.4 is 5.32 Å². The Bertz CT molecular complexity index is 692. The molecule has 0 atom stereocenters. The number of amides is 1. The third-order valence-corrected chi connectivity index (χ3v) is 5.45. The second-order valence-electron chi connectivity index (χ2n) is 6.34. The highest BCUT2D eigenvalue weighted by atomic mass is 32.1. The normalized spacial score (nSPS) is 16.2. The van der Waals surface area contributed by atoms with Crippen molar-refractivity contribution >= 4 is 23.1 Å². The van der Waals surface area contributed by atoms with Crippen molar-refractivity contribution < 1.29 is 4.79 Å². The van der Waals surface area contributed by atoms with E-state index in [2.05, 4.69) is 32.5 Å². The summed E-state index contributed by atoms with van der Waals surface area (Å²) < 4.78 is 0. The number of carbonyl (C=O) groups excluding carboxylic acids is 1. The minimum absolute atomic E-state index is 0.0743. The lowest BCUT2D eigenvalue weighted by molar-refractivity contribution is -0.121. The molecule has 0 bridgehead atoms. The molecule has 0 spiro atoms. The standard InChI is InChI=1S/C18H24N4OS/c1-3-17-20-15(12-24-17)11-22-8-5-14(6-9-22)18(23)21-16-10-13(2)4-7-19-16/h4,7,10,12,14H,3,5-6,8-9,11H2,1-2H3,(H,19,21,23). The van der Waals surface area contributed by atoms with Gasteiger partial charge in [0.15, 0.2) is 0 Å². The van der Waals surface area contributed by atoms with Crippen molar-refractivity contribution in [3.8, 4) is 0 Å². The van der Waals surface area contributed by atoms with Crippen LogP contribution in [0.2, 0.25) is 0 Å². The molecule has 24 heavy (non-hydrogen) atoms. The first-order chi connectivity index (χ1) is 11.6. The van der Waals surface area contributed by atoms with Gasteiger partial charge in [-0.3, -0.25) is 9.69 Å². The highest BCUT2D eigenvalue weighted by molar-refractivity contribution is 7.09. The fourth-order valence-corrected chi connectivity index (χ4v) is 3.74. The number of aryl methyl sites for hydroxylation is 2. The van der Waals surface area contributed by atoms with Crippen LogP contribution in [-0.4, -0.2) is 33.9 Å². The summed E-state index contributed by atoms with van der Waals surface area (Å²) in [5, 5.41) is 6.30. The molecular weight excluding hydrogens is 320 g/mol. The fraction of sp³-hybridized carbons (Fsp3) is 0.500. The number of carbonyl (C=O) groups is 1. The molecule has 2 aromatic heterocycles. The molecule has 5 nitrogen and oxygen atoms in total. The van der Waals surface area contributed by atoms with Gasteiger partial charge in [-0.05, 0) is 57.0 Å². The van der Waals surface area contributed by atoms with E-state index < -0.39 is 0 Å². The van der Waals surface area contributed by atoms with E-state index in [1.54, 1.807) is 17.5 Å². The van der Waals surface area contributed by atoms with Gasteiger partial charge in [-0.25, -0.2) is 9.97 Å². The number of thiazole rings is 1. The highest BCUT2D eigenvalue weighted by Gasteiger charge is 2.25. The van der Waals surface area contributed by atoms with Gasteiger partial charge in [0.2, 0.25) is 5.91 Å². The van der Waals surface area contributed by atoms with Crippen LogP contribution in [0.3, 0.4) is 0 Å². The lowest BCUT2D eigenvalue weighted by atomic mass is 9.96. The van der Waals surface area contributed by atoms with Crippen LogP contribution >= 0.6 is 11.3 Å². The van der Waals surface area contributed by atoms with E-state index in [1.807, 2.05) is 19.1 Å².